The van der Waals surface area contributed by atoms with Crippen LogP contribution in [0.3, 0.4) is 0 Å². The molecule has 2 aliphatic heterocycles. The van der Waals surface area contributed by atoms with Crippen molar-refractivity contribution in [3.05, 3.63) is 35.4 Å². The molecule has 1 saturated heterocycles. The molecule has 1 N–H and O–H groups in total. The number of carbonyl (C=O) groups is 1. The van der Waals surface area contributed by atoms with Crippen LogP contribution in [-0.2, 0) is 17.8 Å². The van der Waals surface area contributed by atoms with E-state index >= 15 is 0 Å². The first-order valence-corrected chi connectivity index (χ1v) is 8.93. The number of benzene rings is 1. The van der Waals surface area contributed by atoms with Crippen LogP contribution in [0.2, 0.25) is 0 Å². The molecule has 0 aliphatic carbocycles. The van der Waals surface area contributed by atoms with Crippen LogP contribution >= 0.6 is 0 Å². The normalized spacial score (nSPS) is 21.5. The molecule has 1 amide bonds. The smallest absolute Gasteiger partial charge is 0.225 e. The van der Waals surface area contributed by atoms with Gasteiger partial charge in [0.05, 0.1) is 19.0 Å². The Balaban J connectivity index is 1.38. The van der Waals surface area contributed by atoms with Crippen LogP contribution < -0.4 is 5.32 Å². The number of nitrogens with one attached hydrogen (secondary N) is 1. The van der Waals surface area contributed by atoms with Crippen LogP contribution in [0.15, 0.2) is 24.3 Å². The van der Waals surface area contributed by atoms with Gasteiger partial charge in [-0.15, -0.1) is 0 Å². The lowest BCUT2D eigenvalue weighted by Crippen LogP contribution is -2.41. The monoisotopic (exact) mass is 325 g/mol. The zero-order valence-corrected chi connectivity index (χ0v) is 14.6. The van der Waals surface area contributed by atoms with E-state index in [1.54, 1.807) is 0 Å². The summed E-state index contributed by atoms with van der Waals surface area (Å²) in [6.07, 6.45) is 3.21. The van der Waals surface area contributed by atoms with E-state index in [1.165, 1.54) is 11.1 Å². The molecule has 0 spiro atoms. The van der Waals surface area contributed by atoms with E-state index in [0.717, 1.165) is 52.0 Å². The maximum atomic E-state index is 12.1. The summed E-state index contributed by atoms with van der Waals surface area (Å²) in [7, 11) is 2.08. The van der Waals surface area contributed by atoms with Crippen molar-refractivity contribution in [3.63, 3.8) is 0 Å². The SMILES string of the molecule is CN1CCC[C@H](C(=O)NCC#CCN2CCc3ccccc3C2)C1. The summed E-state index contributed by atoms with van der Waals surface area (Å²) < 4.78 is 0. The Morgan fingerprint density at radius 2 is 2.08 bits per heavy atom. The lowest BCUT2D eigenvalue weighted by atomic mass is 9.98. The average molecular weight is 325 g/mol. The second-order valence-electron chi connectivity index (χ2n) is 6.90. The van der Waals surface area contributed by atoms with Gasteiger partial charge in [0.1, 0.15) is 0 Å². The standard InChI is InChI=1S/C20H27N3O/c1-22-12-6-9-19(15-22)20(24)21-11-4-5-13-23-14-10-17-7-2-3-8-18(17)16-23/h2-3,7-8,19H,6,9-16H2,1H3,(H,21,24)/t19-/m0/s1. The molecule has 4 heteroatoms. The van der Waals surface area contributed by atoms with Gasteiger partial charge in [0.2, 0.25) is 5.91 Å². The van der Waals surface area contributed by atoms with Crippen molar-refractivity contribution in [2.75, 3.05) is 39.8 Å². The second-order valence-corrected chi connectivity index (χ2v) is 6.90. The maximum Gasteiger partial charge on any atom is 0.225 e. The van der Waals surface area contributed by atoms with Crippen molar-refractivity contribution in [2.24, 2.45) is 5.92 Å². The highest BCUT2D eigenvalue weighted by molar-refractivity contribution is 5.79. The molecular weight excluding hydrogens is 298 g/mol. The van der Waals surface area contributed by atoms with Crippen LogP contribution in [0, 0.1) is 17.8 Å². The van der Waals surface area contributed by atoms with Gasteiger partial charge >= 0.3 is 0 Å². The molecule has 0 unspecified atom stereocenters. The van der Waals surface area contributed by atoms with Gasteiger partial charge in [-0.25, -0.2) is 0 Å². The molecule has 1 fully saturated rings. The summed E-state index contributed by atoms with van der Waals surface area (Å²) in [5.74, 6) is 6.59. The highest BCUT2D eigenvalue weighted by atomic mass is 16.1. The molecule has 1 atom stereocenters. The second kappa shape index (κ2) is 8.32. The molecule has 3 rings (SSSR count). The van der Waals surface area contributed by atoms with Crippen molar-refractivity contribution < 1.29 is 4.79 Å². The number of carbonyl (C=O) groups excluding carboxylic acids is 1. The Morgan fingerprint density at radius 1 is 1.25 bits per heavy atom. The van der Waals surface area contributed by atoms with Gasteiger partial charge in [0.25, 0.3) is 0 Å². The van der Waals surface area contributed by atoms with Gasteiger partial charge < -0.3 is 10.2 Å². The molecule has 2 heterocycles. The van der Waals surface area contributed by atoms with E-state index in [1.807, 2.05) is 0 Å². The molecule has 128 valence electrons. The van der Waals surface area contributed by atoms with E-state index in [0.29, 0.717) is 6.54 Å². The molecule has 1 aromatic carbocycles. The Labute approximate surface area is 145 Å². The number of piperidine rings is 1. The summed E-state index contributed by atoms with van der Waals surface area (Å²) in [6, 6.07) is 8.64. The number of fused-ring (bicyclic) bond motifs is 1. The largest absolute Gasteiger partial charge is 0.345 e. The summed E-state index contributed by atoms with van der Waals surface area (Å²) in [5.41, 5.74) is 2.88. The van der Waals surface area contributed by atoms with Crippen molar-refractivity contribution in [1.29, 1.82) is 0 Å². The van der Waals surface area contributed by atoms with Gasteiger partial charge in [-0.2, -0.15) is 0 Å². The van der Waals surface area contributed by atoms with Crippen LogP contribution in [0.25, 0.3) is 0 Å². The minimum atomic E-state index is 0.129. The van der Waals surface area contributed by atoms with Crippen molar-refractivity contribution in [2.45, 2.75) is 25.8 Å². The average Bonchev–Trinajstić information content (AvgIpc) is 2.61. The molecule has 2 aliphatic rings. The molecular formula is C20H27N3O. The third kappa shape index (κ3) is 4.59. The Bertz CT molecular complexity index is 631. The number of hydrogen-bond acceptors (Lipinski definition) is 3. The molecule has 24 heavy (non-hydrogen) atoms. The number of nitrogens with zero attached hydrogens (tertiary/aromatic N) is 2. The predicted octanol–water partition coefficient (Wildman–Crippen LogP) is 1.51. The van der Waals surface area contributed by atoms with E-state index in [4.69, 9.17) is 0 Å². The third-order valence-electron chi connectivity index (χ3n) is 4.98. The van der Waals surface area contributed by atoms with Gasteiger partial charge in [0.15, 0.2) is 0 Å². The minimum Gasteiger partial charge on any atom is -0.345 e. The molecule has 0 bridgehead atoms. The summed E-state index contributed by atoms with van der Waals surface area (Å²) in [5, 5.41) is 2.97. The van der Waals surface area contributed by atoms with Gasteiger partial charge in [-0.05, 0) is 44.0 Å². The topological polar surface area (TPSA) is 35.6 Å². The van der Waals surface area contributed by atoms with Crippen LogP contribution in [0.4, 0.5) is 0 Å². The van der Waals surface area contributed by atoms with E-state index < -0.39 is 0 Å². The van der Waals surface area contributed by atoms with Gasteiger partial charge in [-0.3, -0.25) is 9.69 Å². The summed E-state index contributed by atoms with van der Waals surface area (Å²) in [6.45, 7) is 5.24. The van der Waals surface area contributed by atoms with Crippen LogP contribution in [-0.4, -0.2) is 55.5 Å². The Morgan fingerprint density at radius 3 is 2.92 bits per heavy atom. The first-order chi connectivity index (χ1) is 11.7. The quantitative estimate of drug-likeness (QED) is 0.856. The van der Waals surface area contributed by atoms with Gasteiger partial charge in [0, 0.05) is 19.6 Å². The molecule has 0 aromatic heterocycles. The van der Waals surface area contributed by atoms with E-state index in [-0.39, 0.29) is 11.8 Å². The van der Waals surface area contributed by atoms with Crippen LogP contribution in [0.1, 0.15) is 24.0 Å². The number of amides is 1. The summed E-state index contributed by atoms with van der Waals surface area (Å²) in [4.78, 5) is 16.7. The summed E-state index contributed by atoms with van der Waals surface area (Å²) >= 11 is 0. The number of likely N-dealkylation sites (tertiary alicyclic amines) is 1. The van der Waals surface area contributed by atoms with Crippen molar-refractivity contribution in [3.8, 4) is 11.8 Å². The van der Waals surface area contributed by atoms with E-state index in [9.17, 15) is 4.79 Å². The fourth-order valence-corrected chi connectivity index (χ4v) is 3.58. The lowest BCUT2D eigenvalue weighted by molar-refractivity contribution is -0.126. The highest BCUT2D eigenvalue weighted by Gasteiger charge is 2.23. The van der Waals surface area contributed by atoms with E-state index in [2.05, 4.69) is 58.3 Å². The highest BCUT2D eigenvalue weighted by Crippen LogP contribution is 2.17. The lowest BCUT2D eigenvalue weighted by Gasteiger charge is -2.28. The number of hydrogen-bond donors (Lipinski definition) is 1. The number of rotatable bonds is 3. The molecule has 0 saturated carbocycles. The first kappa shape index (κ1) is 17.0. The zero-order valence-electron chi connectivity index (χ0n) is 14.6. The maximum absolute atomic E-state index is 12.1. The van der Waals surface area contributed by atoms with Crippen LogP contribution in [0.5, 0.6) is 0 Å². The van der Waals surface area contributed by atoms with Gasteiger partial charge in [-0.1, -0.05) is 36.1 Å². The Hall–Kier alpha value is -1.83. The predicted molar refractivity (Wildman–Crippen MR) is 96.4 cm³/mol. The minimum absolute atomic E-state index is 0.129. The van der Waals surface area contributed by atoms with Crippen molar-refractivity contribution in [1.82, 2.24) is 15.1 Å². The zero-order chi connectivity index (χ0) is 16.8. The molecule has 0 radical (unpaired) electrons. The fraction of sp³-hybridized carbons (Fsp3) is 0.550. The van der Waals surface area contributed by atoms with Crippen molar-refractivity contribution >= 4 is 5.91 Å². The Kier molecular flexibility index (Phi) is 5.90. The third-order valence-corrected chi connectivity index (χ3v) is 4.98. The molecule has 4 nitrogen and oxygen atoms in total. The fourth-order valence-electron chi connectivity index (χ4n) is 3.58. The molecule has 1 aromatic rings. The first-order valence-electron chi connectivity index (χ1n) is 8.93.